The molecule has 0 aliphatic heterocycles. The van der Waals surface area contributed by atoms with Crippen LogP contribution in [-0.2, 0) is 0 Å². The van der Waals surface area contributed by atoms with Gasteiger partial charge in [0.05, 0.1) is 0 Å². The molecule has 0 saturated carbocycles. The van der Waals surface area contributed by atoms with Crippen molar-refractivity contribution < 1.29 is 4.79 Å². The smallest absolute Gasteiger partial charge is 0.163 e. The molecule has 1 aromatic rings. The molecule has 1 nitrogen and oxygen atoms in total. The summed E-state index contributed by atoms with van der Waals surface area (Å²) in [4.78, 5) is 12.8. The van der Waals surface area contributed by atoms with Crippen molar-refractivity contribution in [3.05, 3.63) is 35.9 Å². The first-order valence-corrected chi connectivity index (χ1v) is 14.1. The van der Waals surface area contributed by atoms with Crippen LogP contribution in [0.3, 0.4) is 0 Å². The predicted octanol–water partition coefficient (Wildman–Crippen LogP) is 8.46. The lowest BCUT2D eigenvalue weighted by Crippen LogP contribution is -2.43. The molecule has 0 heterocycles. The Morgan fingerprint density at radius 1 is 0.897 bits per heavy atom. The Balaban J connectivity index is 2.93. The van der Waals surface area contributed by atoms with Gasteiger partial charge < -0.3 is 0 Å². The molecule has 0 saturated heterocycles. The molecule has 0 bridgehead atoms. The first-order chi connectivity index (χ1) is 13.8. The van der Waals surface area contributed by atoms with Crippen molar-refractivity contribution in [2.75, 3.05) is 0 Å². The van der Waals surface area contributed by atoms with Gasteiger partial charge in [-0.3, -0.25) is 4.79 Å². The Morgan fingerprint density at radius 2 is 1.48 bits per heavy atom. The van der Waals surface area contributed by atoms with Crippen molar-refractivity contribution in [3.8, 4) is 11.5 Å². The third kappa shape index (κ3) is 7.78. The third-order valence-corrected chi connectivity index (χ3v) is 12.9. The molecule has 0 N–H and O–H groups in total. The summed E-state index contributed by atoms with van der Waals surface area (Å²) in [5.74, 6) is 4.28. The van der Waals surface area contributed by atoms with Crippen LogP contribution in [-0.4, -0.2) is 13.9 Å². The van der Waals surface area contributed by atoms with Gasteiger partial charge in [0, 0.05) is 18.4 Å². The van der Waals surface area contributed by atoms with Crippen molar-refractivity contribution in [1.82, 2.24) is 0 Å². The van der Waals surface area contributed by atoms with E-state index in [4.69, 9.17) is 0 Å². The maximum Gasteiger partial charge on any atom is 0.163 e. The standard InChI is InChI=1S/C27H44OSi/c1-8-9-10-12-16-25(21-27(28)26-18-13-11-14-19-26)17-15-20-29(22(2)3,23(4)5)24(6)7/h11,13-14,18-19,22-25H,8-10,12,16-17,21H2,1-7H3. The molecule has 0 aromatic heterocycles. The van der Waals surface area contributed by atoms with Crippen LogP contribution in [0.25, 0.3) is 0 Å². The van der Waals surface area contributed by atoms with E-state index in [9.17, 15) is 4.79 Å². The quantitative estimate of drug-likeness (QED) is 0.146. The summed E-state index contributed by atoms with van der Waals surface area (Å²) >= 11 is 0. The number of carbonyl (C=O) groups is 1. The zero-order chi connectivity index (χ0) is 21.9. The van der Waals surface area contributed by atoms with E-state index in [1.54, 1.807) is 0 Å². The lowest BCUT2D eigenvalue weighted by molar-refractivity contribution is 0.0959. The monoisotopic (exact) mass is 412 g/mol. The fourth-order valence-corrected chi connectivity index (χ4v) is 10.2. The Bertz CT molecular complexity index is 626. The van der Waals surface area contributed by atoms with Crippen molar-refractivity contribution in [2.24, 2.45) is 5.92 Å². The number of ketones is 1. The molecule has 1 unspecified atom stereocenters. The van der Waals surface area contributed by atoms with Gasteiger partial charge in [-0.15, -0.1) is 11.5 Å². The van der Waals surface area contributed by atoms with E-state index >= 15 is 0 Å². The molecule has 162 valence electrons. The highest BCUT2D eigenvalue weighted by molar-refractivity contribution is 6.90. The van der Waals surface area contributed by atoms with Gasteiger partial charge in [0.2, 0.25) is 0 Å². The molecule has 1 rings (SSSR count). The van der Waals surface area contributed by atoms with Crippen LogP contribution in [0.4, 0.5) is 0 Å². The summed E-state index contributed by atoms with van der Waals surface area (Å²) in [7, 11) is -1.69. The SMILES string of the molecule is CCCCCCC(CC#C[Si](C(C)C)(C(C)C)C(C)C)CC(=O)c1ccccc1. The summed E-state index contributed by atoms with van der Waals surface area (Å²) < 4.78 is 0. The zero-order valence-electron chi connectivity index (χ0n) is 20.1. The van der Waals surface area contributed by atoms with Gasteiger partial charge in [0.1, 0.15) is 8.07 Å². The van der Waals surface area contributed by atoms with Crippen molar-refractivity contribution in [1.29, 1.82) is 0 Å². The van der Waals surface area contributed by atoms with Gasteiger partial charge in [0.15, 0.2) is 5.78 Å². The molecular weight excluding hydrogens is 368 g/mol. The molecule has 0 radical (unpaired) electrons. The maximum atomic E-state index is 12.8. The van der Waals surface area contributed by atoms with E-state index in [1.807, 2.05) is 30.3 Å². The topological polar surface area (TPSA) is 17.1 Å². The number of carbonyl (C=O) groups excluding carboxylic acids is 1. The van der Waals surface area contributed by atoms with Gasteiger partial charge >= 0.3 is 0 Å². The highest BCUT2D eigenvalue weighted by Crippen LogP contribution is 2.40. The van der Waals surface area contributed by atoms with Gasteiger partial charge in [-0.2, -0.15) is 0 Å². The van der Waals surface area contributed by atoms with Crippen LogP contribution in [0, 0.1) is 17.4 Å². The molecular formula is C27H44OSi. The Kier molecular flexibility index (Phi) is 11.6. The molecule has 0 aliphatic rings. The zero-order valence-corrected chi connectivity index (χ0v) is 21.1. The highest BCUT2D eigenvalue weighted by Gasteiger charge is 2.41. The van der Waals surface area contributed by atoms with Gasteiger partial charge in [-0.05, 0) is 29.0 Å². The van der Waals surface area contributed by atoms with E-state index in [2.05, 4.69) is 59.9 Å². The fourth-order valence-electron chi connectivity index (χ4n) is 4.92. The van der Waals surface area contributed by atoms with Gasteiger partial charge in [0.25, 0.3) is 0 Å². The number of benzene rings is 1. The van der Waals surface area contributed by atoms with Crippen molar-refractivity contribution >= 4 is 13.9 Å². The lowest BCUT2D eigenvalue weighted by atomic mass is 9.91. The van der Waals surface area contributed by atoms with Crippen LogP contribution in [0.15, 0.2) is 30.3 Å². The largest absolute Gasteiger partial charge is 0.294 e. The minimum absolute atomic E-state index is 0.271. The first-order valence-electron chi connectivity index (χ1n) is 11.8. The van der Waals surface area contributed by atoms with E-state index < -0.39 is 8.07 Å². The van der Waals surface area contributed by atoms with Crippen LogP contribution in [0.5, 0.6) is 0 Å². The van der Waals surface area contributed by atoms with E-state index in [0.717, 1.165) is 18.4 Å². The number of hydrogen-bond acceptors (Lipinski definition) is 1. The number of unbranched alkanes of at least 4 members (excludes halogenated alkanes) is 3. The third-order valence-electron chi connectivity index (χ3n) is 6.60. The molecule has 0 spiro atoms. The second kappa shape index (κ2) is 13.1. The Labute approximate surface area is 182 Å². The number of hydrogen-bond donors (Lipinski definition) is 0. The van der Waals surface area contributed by atoms with E-state index in [1.165, 1.54) is 25.7 Å². The predicted molar refractivity (Wildman–Crippen MR) is 131 cm³/mol. The molecule has 29 heavy (non-hydrogen) atoms. The highest BCUT2D eigenvalue weighted by atomic mass is 28.3. The van der Waals surface area contributed by atoms with Crippen LogP contribution >= 0.6 is 0 Å². The molecule has 0 aliphatic carbocycles. The van der Waals surface area contributed by atoms with Crippen LogP contribution in [0.1, 0.15) is 104 Å². The summed E-state index contributed by atoms with van der Waals surface area (Å²) in [6.45, 7) is 16.4. The normalized spacial score (nSPS) is 12.9. The first kappa shape index (κ1) is 25.7. The van der Waals surface area contributed by atoms with Crippen molar-refractivity contribution in [2.45, 2.75) is 110 Å². The average Bonchev–Trinajstić information content (AvgIpc) is 2.67. The average molecular weight is 413 g/mol. The number of Topliss-reactive ketones (excluding diaryl/α,β-unsaturated/α-hetero) is 1. The summed E-state index contributed by atoms with van der Waals surface area (Å²) in [6, 6.07) is 9.76. The molecule has 1 atom stereocenters. The van der Waals surface area contributed by atoms with Crippen molar-refractivity contribution in [3.63, 3.8) is 0 Å². The fraction of sp³-hybridized carbons (Fsp3) is 0.667. The molecule has 0 fully saturated rings. The molecule has 2 heteroatoms. The minimum atomic E-state index is -1.69. The van der Waals surface area contributed by atoms with Gasteiger partial charge in [-0.1, -0.05) is 104 Å². The summed E-state index contributed by atoms with van der Waals surface area (Å²) in [5, 5.41) is 0. The lowest BCUT2D eigenvalue weighted by Gasteiger charge is -2.38. The number of rotatable bonds is 12. The maximum absolute atomic E-state index is 12.8. The van der Waals surface area contributed by atoms with Gasteiger partial charge in [-0.25, -0.2) is 0 Å². The second-order valence-electron chi connectivity index (χ2n) is 9.61. The second-order valence-corrected chi connectivity index (χ2v) is 15.2. The van der Waals surface area contributed by atoms with E-state index in [0.29, 0.717) is 29.0 Å². The Hall–Kier alpha value is -1.33. The van der Waals surface area contributed by atoms with Crippen LogP contribution < -0.4 is 0 Å². The molecule has 0 amide bonds. The van der Waals surface area contributed by atoms with E-state index in [-0.39, 0.29) is 5.78 Å². The minimum Gasteiger partial charge on any atom is -0.294 e. The summed E-state index contributed by atoms with van der Waals surface area (Å²) in [5.41, 5.74) is 6.67. The molecule has 1 aromatic carbocycles. The summed E-state index contributed by atoms with van der Waals surface area (Å²) in [6.07, 6.45) is 7.63. The van der Waals surface area contributed by atoms with Crippen LogP contribution in [0.2, 0.25) is 16.6 Å². The Morgan fingerprint density at radius 3 is 2.00 bits per heavy atom.